The van der Waals surface area contributed by atoms with E-state index in [1.165, 1.54) is 5.56 Å². The first-order chi connectivity index (χ1) is 10.7. The topological polar surface area (TPSA) is 50.4 Å². The second kappa shape index (κ2) is 8.20. The Morgan fingerprint density at radius 1 is 1.14 bits per heavy atom. The van der Waals surface area contributed by atoms with Gasteiger partial charge in [-0.05, 0) is 24.1 Å². The second-order valence-corrected chi connectivity index (χ2v) is 5.03. The Hall–Kier alpha value is -2.33. The molecule has 0 aromatic heterocycles. The molecule has 2 aromatic carbocycles. The van der Waals surface area contributed by atoms with Gasteiger partial charge in [0.05, 0.1) is 13.7 Å². The van der Waals surface area contributed by atoms with Gasteiger partial charge < -0.3 is 15.4 Å². The quantitative estimate of drug-likeness (QED) is 0.824. The smallest absolute Gasteiger partial charge is 0.238 e. The number of amides is 1. The summed E-state index contributed by atoms with van der Waals surface area (Å²) in [5, 5.41) is 6.16. The minimum absolute atomic E-state index is 0.0670. The van der Waals surface area contributed by atoms with Gasteiger partial charge in [0.25, 0.3) is 0 Å². The fourth-order valence-corrected chi connectivity index (χ4v) is 2.31. The Bertz CT molecular complexity index is 599. The summed E-state index contributed by atoms with van der Waals surface area (Å²) in [6.07, 6.45) is 0.927. The number of hydrogen-bond acceptors (Lipinski definition) is 3. The molecule has 0 bridgehead atoms. The van der Waals surface area contributed by atoms with Gasteiger partial charge in [-0.25, -0.2) is 0 Å². The van der Waals surface area contributed by atoms with Crippen LogP contribution in [0, 0.1) is 0 Å². The lowest BCUT2D eigenvalue weighted by molar-refractivity contribution is -0.115. The van der Waals surface area contributed by atoms with Gasteiger partial charge in [0.1, 0.15) is 5.75 Å². The third-order valence-electron chi connectivity index (χ3n) is 3.47. The van der Waals surface area contributed by atoms with Gasteiger partial charge >= 0.3 is 0 Å². The Balaban J connectivity index is 1.89. The lowest BCUT2D eigenvalue weighted by Crippen LogP contribution is -2.31. The van der Waals surface area contributed by atoms with E-state index >= 15 is 0 Å². The van der Waals surface area contributed by atoms with Crippen LogP contribution >= 0.6 is 0 Å². The van der Waals surface area contributed by atoms with E-state index in [4.69, 9.17) is 4.74 Å². The van der Waals surface area contributed by atoms with Crippen LogP contribution in [0.4, 0.5) is 5.69 Å². The van der Waals surface area contributed by atoms with Crippen molar-refractivity contribution in [3.05, 3.63) is 60.2 Å². The third kappa shape index (κ3) is 4.60. The zero-order chi connectivity index (χ0) is 15.8. The molecular weight excluding hydrogens is 276 g/mol. The SMILES string of the molecule is CCC(NCC(=O)Nc1cccc(OC)c1)c1ccccc1. The Morgan fingerprint density at radius 2 is 1.91 bits per heavy atom. The van der Waals surface area contributed by atoms with Crippen molar-refractivity contribution in [3.63, 3.8) is 0 Å². The molecule has 1 atom stereocenters. The first kappa shape index (κ1) is 16.0. The van der Waals surface area contributed by atoms with Gasteiger partial charge in [-0.15, -0.1) is 0 Å². The maximum atomic E-state index is 12.0. The Labute approximate surface area is 131 Å². The molecular formula is C18H22N2O2. The van der Waals surface area contributed by atoms with Crippen molar-refractivity contribution in [2.45, 2.75) is 19.4 Å². The Morgan fingerprint density at radius 3 is 2.59 bits per heavy atom. The molecule has 2 aromatic rings. The molecule has 0 spiro atoms. The first-order valence-corrected chi connectivity index (χ1v) is 7.45. The van der Waals surface area contributed by atoms with Gasteiger partial charge in [-0.1, -0.05) is 43.3 Å². The maximum Gasteiger partial charge on any atom is 0.238 e. The number of anilines is 1. The van der Waals surface area contributed by atoms with Crippen molar-refractivity contribution in [1.82, 2.24) is 5.32 Å². The summed E-state index contributed by atoms with van der Waals surface area (Å²) in [4.78, 5) is 12.0. The van der Waals surface area contributed by atoms with Crippen LogP contribution in [-0.2, 0) is 4.79 Å². The average Bonchev–Trinajstić information content (AvgIpc) is 2.56. The predicted octanol–water partition coefficient (Wildman–Crippen LogP) is 3.37. The summed E-state index contributed by atoms with van der Waals surface area (Å²) in [5.41, 5.74) is 1.93. The van der Waals surface area contributed by atoms with E-state index in [9.17, 15) is 4.79 Å². The van der Waals surface area contributed by atoms with E-state index in [-0.39, 0.29) is 18.5 Å². The number of ether oxygens (including phenoxy) is 1. The molecule has 4 heteroatoms. The zero-order valence-corrected chi connectivity index (χ0v) is 13.0. The molecule has 0 saturated heterocycles. The number of carbonyl (C=O) groups is 1. The van der Waals surface area contributed by atoms with E-state index in [2.05, 4.69) is 29.7 Å². The van der Waals surface area contributed by atoms with Crippen LogP contribution in [-0.4, -0.2) is 19.6 Å². The molecule has 0 aliphatic carbocycles. The lowest BCUT2D eigenvalue weighted by Gasteiger charge is -2.17. The van der Waals surface area contributed by atoms with E-state index in [1.54, 1.807) is 13.2 Å². The van der Waals surface area contributed by atoms with Crippen LogP contribution in [0.2, 0.25) is 0 Å². The fourth-order valence-electron chi connectivity index (χ4n) is 2.31. The van der Waals surface area contributed by atoms with Crippen molar-refractivity contribution in [3.8, 4) is 5.75 Å². The highest BCUT2D eigenvalue weighted by Crippen LogP contribution is 2.17. The molecule has 0 saturated carbocycles. The largest absolute Gasteiger partial charge is 0.497 e. The summed E-state index contributed by atoms with van der Waals surface area (Å²) >= 11 is 0. The highest BCUT2D eigenvalue weighted by Gasteiger charge is 2.10. The van der Waals surface area contributed by atoms with Gasteiger partial charge in [0.15, 0.2) is 0 Å². The minimum atomic E-state index is -0.0670. The highest BCUT2D eigenvalue weighted by molar-refractivity contribution is 5.92. The first-order valence-electron chi connectivity index (χ1n) is 7.45. The number of methoxy groups -OCH3 is 1. The average molecular weight is 298 g/mol. The van der Waals surface area contributed by atoms with Gasteiger partial charge in [0.2, 0.25) is 5.91 Å². The van der Waals surface area contributed by atoms with Crippen LogP contribution < -0.4 is 15.4 Å². The second-order valence-electron chi connectivity index (χ2n) is 5.03. The lowest BCUT2D eigenvalue weighted by atomic mass is 10.0. The molecule has 0 fully saturated rings. The molecule has 0 aliphatic heterocycles. The number of benzene rings is 2. The van der Waals surface area contributed by atoms with Crippen molar-refractivity contribution in [2.24, 2.45) is 0 Å². The molecule has 1 unspecified atom stereocenters. The van der Waals surface area contributed by atoms with Crippen LogP contribution in [0.25, 0.3) is 0 Å². The van der Waals surface area contributed by atoms with Crippen molar-refractivity contribution < 1.29 is 9.53 Å². The summed E-state index contributed by atoms with van der Waals surface area (Å²) in [7, 11) is 1.61. The normalized spacial score (nSPS) is 11.7. The maximum absolute atomic E-state index is 12.0. The fraction of sp³-hybridized carbons (Fsp3) is 0.278. The molecule has 116 valence electrons. The van der Waals surface area contributed by atoms with Gasteiger partial charge in [-0.2, -0.15) is 0 Å². The summed E-state index contributed by atoms with van der Waals surface area (Å²) in [5.74, 6) is 0.657. The third-order valence-corrected chi connectivity index (χ3v) is 3.47. The van der Waals surface area contributed by atoms with E-state index in [0.717, 1.165) is 17.9 Å². The summed E-state index contributed by atoms with van der Waals surface area (Å²) < 4.78 is 5.14. The van der Waals surface area contributed by atoms with Crippen LogP contribution in [0.1, 0.15) is 24.9 Å². The number of rotatable bonds is 7. The van der Waals surface area contributed by atoms with Crippen LogP contribution in [0.5, 0.6) is 5.75 Å². The summed E-state index contributed by atoms with van der Waals surface area (Å²) in [6.45, 7) is 2.37. The van der Waals surface area contributed by atoms with Gasteiger partial charge in [-0.3, -0.25) is 4.79 Å². The van der Waals surface area contributed by atoms with E-state index < -0.39 is 0 Å². The molecule has 2 rings (SSSR count). The van der Waals surface area contributed by atoms with Crippen LogP contribution in [0.3, 0.4) is 0 Å². The van der Waals surface area contributed by atoms with Crippen molar-refractivity contribution in [1.29, 1.82) is 0 Å². The van der Waals surface area contributed by atoms with Crippen LogP contribution in [0.15, 0.2) is 54.6 Å². The molecule has 2 N–H and O–H groups in total. The number of nitrogens with one attached hydrogen (secondary N) is 2. The molecule has 1 amide bonds. The number of hydrogen-bond donors (Lipinski definition) is 2. The molecule has 0 aliphatic rings. The Kier molecular flexibility index (Phi) is 5.98. The number of carbonyl (C=O) groups excluding carboxylic acids is 1. The molecule has 0 radical (unpaired) electrons. The minimum Gasteiger partial charge on any atom is -0.497 e. The zero-order valence-electron chi connectivity index (χ0n) is 13.0. The van der Waals surface area contributed by atoms with E-state index in [0.29, 0.717) is 0 Å². The molecule has 4 nitrogen and oxygen atoms in total. The monoisotopic (exact) mass is 298 g/mol. The molecule has 0 heterocycles. The van der Waals surface area contributed by atoms with Crippen molar-refractivity contribution in [2.75, 3.05) is 19.0 Å². The van der Waals surface area contributed by atoms with Gasteiger partial charge in [0, 0.05) is 17.8 Å². The van der Waals surface area contributed by atoms with Crippen molar-refractivity contribution >= 4 is 11.6 Å². The van der Waals surface area contributed by atoms with E-state index in [1.807, 2.05) is 36.4 Å². The predicted molar refractivity (Wildman–Crippen MR) is 89.1 cm³/mol. The highest BCUT2D eigenvalue weighted by atomic mass is 16.5. The molecule has 22 heavy (non-hydrogen) atoms. The standard InChI is InChI=1S/C18H22N2O2/c1-3-17(14-8-5-4-6-9-14)19-13-18(21)20-15-10-7-11-16(12-15)22-2/h4-12,17,19H,3,13H2,1-2H3,(H,20,21). The summed E-state index contributed by atoms with van der Waals surface area (Å²) in [6, 6.07) is 17.7.